The number of amides is 1. The van der Waals surface area contributed by atoms with E-state index in [1.165, 1.54) is 0 Å². The molecule has 0 fully saturated rings. The number of rotatable bonds is 1. The van der Waals surface area contributed by atoms with Crippen molar-refractivity contribution in [3.8, 4) is 0 Å². The topological polar surface area (TPSA) is 29.1 Å². The Morgan fingerprint density at radius 1 is 1.31 bits per heavy atom. The van der Waals surface area contributed by atoms with Gasteiger partial charge in [-0.05, 0) is 12.1 Å². The van der Waals surface area contributed by atoms with Gasteiger partial charge in [0.25, 0.3) is 5.91 Å². The van der Waals surface area contributed by atoms with Gasteiger partial charge in [0.15, 0.2) is 0 Å². The van der Waals surface area contributed by atoms with Crippen molar-refractivity contribution in [2.45, 2.75) is 18.7 Å². The minimum Gasteiger partial charge on any atom is -0.355 e. The van der Waals surface area contributed by atoms with Crippen molar-refractivity contribution >= 4 is 18.5 Å². The molecule has 0 spiro atoms. The molecule has 0 bridgehead atoms. The van der Waals surface area contributed by atoms with E-state index in [-0.39, 0.29) is 5.91 Å². The highest BCUT2D eigenvalue weighted by molar-refractivity contribution is 7.80. The zero-order chi connectivity index (χ0) is 10.3. The number of carbonyl (C=O) groups is 1. The van der Waals surface area contributed by atoms with Gasteiger partial charge in [0.2, 0.25) is 0 Å². The molecule has 0 unspecified atom stereocenters. The van der Waals surface area contributed by atoms with Gasteiger partial charge in [-0.25, -0.2) is 0 Å². The van der Waals surface area contributed by atoms with Crippen LogP contribution in [0.5, 0.6) is 0 Å². The molecule has 2 nitrogen and oxygen atoms in total. The van der Waals surface area contributed by atoms with E-state index in [9.17, 15) is 4.79 Å². The zero-order valence-electron chi connectivity index (χ0n) is 8.16. The second-order valence-corrected chi connectivity index (χ2v) is 2.58. The van der Waals surface area contributed by atoms with Crippen LogP contribution in [0.15, 0.2) is 29.2 Å². The molecule has 0 aliphatic heterocycles. The molecule has 0 saturated heterocycles. The first-order valence-corrected chi connectivity index (χ1v) is 4.70. The van der Waals surface area contributed by atoms with Gasteiger partial charge in [-0.3, -0.25) is 4.79 Å². The van der Waals surface area contributed by atoms with Crippen molar-refractivity contribution in [2.24, 2.45) is 0 Å². The molecule has 0 saturated carbocycles. The van der Waals surface area contributed by atoms with E-state index in [0.29, 0.717) is 10.5 Å². The molecular formula is C10H15NOS. The van der Waals surface area contributed by atoms with Crippen molar-refractivity contribution in [2.75, 3.05) is 7.05 Å². The standard InChI is InChI=1S/C8H9NOS.C2H6/c1-9-8(10)6-4-2-3-5-7(6)11;1-2/h2-5,11H,1H3,(H,9,10);1-2H3. The van der Waals surface area contributed by atoms with E-state index in [1.54, 1.807) is 19.2 Å². The van der Waals surface area contributed by atoms with Crippen LogP contribution in [0.3, 0.4) is 0 Å². The molecule has 1 amide bonds. The number of nitrogens with one attached hydrogen (secondary N) is 1. The summed E-state index contributed by atoms with van der Waals surface area (Å²) in [7, 11) is 1.60. The zero-order valence-corrected chi connectivity index (χ0v) is 9.06. The van der Waals surface area contributed by atoms with Crippen molar-refractivity contribution in [1.82, 2.24) is 5.32 Å². The minimum absolute atomic E-state index is 0.101. The van der Waals surface area contributed by atoms with Crippen molar-refractivity contribution in [3.05, 3.63) is 29.8 Å². The van der Waals surface area contributed by atoms with Gasteiger partial charge in [0, 0.05) is 11.9 Å². The summed E-state index contributed by atoms with van der Waals surface area (Å²) in [5.41, 5.74) is 0.610. The Morgan fingerprint density at radius 2 is 1.85 bits per heavy atom. The van der Waals surface area contributed by atoms with E-state index >= 15 is 0 Å². The highest BCUT2D eigenvalue weighted by Gasteiger charge is 2.04. The highest BCUT2D eigenvalue weighted by Crippen LogP contribution is 2.11. The molecule has 1 rings (SSSR count). The van der Waals surface area contributed by atoms with Gasteiger partial charge in [0.1, 0.15) is 0 Å². The van der Waals surface area contributed by atoms with Crippen LogP contribution >= 0.6 is 12.6 Å². The quantitative estimate of drug-likeness (QED) is 0.665. The van der Waals surface area contributed by atoms with E-state index in [4.69, 9.17) is 0 Å². The lowest BCUT2D eigenvalue weighted by atomic mass is 10.2. The van der Waals surface area contributed by atoms with Crippen molar-refractivity contribution in [3.63, 3.8) is 0 Å². The summed E-state index contributed by atoms with van der Waals surface area (Å²) in [5, 5.41) is 2.53. The fraction of sp³-hybridized carbons (Fsp3) is 0.300. The summed E-state index contributed by atoms with van der Waals surface area (Å²) in [5.74, 6) is -0.101. The van der Waals surface area contributed by atoms with E-state index in [2.05, 4.69) is 17.9 Å². The first-order valence-electron chi connectivity index (χ1n) is 4.26. The van der Waals surface area contributed by atoms with Crippen LogP contribution in [-0.2, 0) is 0 Å². The smallest absolute Gasteiger partial charge is 0.252 e. The Morgan fingerprint density at radius 3 is 2.31 bits per heavy atom. The number of hydrogen-bond donors (Lipinski definition) is 2. The van der Waals surface area contributed by atoms with Crippen molar-refractivity contribution in [1.29, 1.82) is 0 Å². The highest BCUT2D eigenvalue weighted by atomic mass is 32.1. The third kappa shape index (κ3) is 3.51. The molecule has 1 aromatic carbocycles. The average Bonchev–Trinajstić information content (AvgIpc) is 2.20. The molecule has 0 radical (unpaired) electrons. The van der Waals surface area contributed by atoms with Crippen LogP contribution in [0, 0.1) is 0 Å². The molecule has 0 aliphatic rings. The van der Waals surface area contributed by atoms with E-state index < -0.39 is 0 Å². The van der Waals surface area contributed by atoms with Crippen LogP contribution < -0.4 is 5.32 Å². The fourth-order valence-electron chi connectivity index (χ4n) is 0.800. The maximum atomic E-state index is 11.1. The molecule has 13 heavy (non-hydrogen) atoms. The summed E-state index contributed by atoms with van der Waals surface area (Å²) < 4.78 is 0. The molecular weight excluding hydrogens is 182 g/mol. The summed E-state index contributed by atoms with van der Waals surface area (Å²) >= 11 is 4.13. The van der Waals surface area contributed by atoms with E-state index in [0.717, 1.165) is 0 Å². The Labute approximate surface area is 84.8 Å². The molecule has 0 aromatic heterocycles. The van der Waals surface area contributed by atoms with Gasteiger partial charge < -0.3 is 5.32 Å². The van der Waals surface area contributed by atoms with Crippen LogP contribution in [0.4, 0.5) is 0 Å². The number of thiol groups is 1. The number of hydrogen-bond acceptors (Lipinski definition) is 2. The maximum absolute atomic E-state index is 11.1. The van der Waals surface area contributed by atoms with E-state index in [1.807, 2.05) is 26.0 Å². The molecule has 1 aromatic rings. The molecule has 0 aliphatic carbocycles. The first-order chi connectivity index (χ1) is 6.25. The minimum atomic E-state index is -0.101. The average molecular weight is 197 g/mol. The molecule has 0 atom stereocenters. The summed E-state index contributed by atoms with van der Waals surface area (Å²) in [6, 6.07) is 7.17. The molecule has 72 valence electrons. The molecule has 1 N–H and O–H groups in total. The third-order valence-corrected chi connectivity index (χ3v) is 1.77. The van der Waals surface area contributed by atoms with Crippen LogP contribution in [0.25, 0.3) is 0 Å². The molecule has 3 heteroatoms. The lowest BCUT2D eigenvalue weighted by Gasteiger charge is -2.01. The first kappa shape index (κ1) is 12.0. The predicted molar refractivity (Wildman–Crippen MR) is 58.4 cm³/mol. The second-order valence-electron chi connectivity index (χ2n) is 2.10. The normalized spacial score (nSPS) is 8.31. The lowest BCUT2D eigenvalue weighted by molar-refractivity contribution is 0.0960. The Kier molecular flexibility index (Phi) is 6.06. The SMILES string of the molecule is CC.CNC(=O)c1ccccc1S. The van der Waals surface area contributed by atoms with Gasteiger partial charge in [-0.2, -0.15) is 0 Å². The fourth-order valence-corrected chi connectivity index (χ4v) is 1.06. The van der Waals surface area contributed by atoms with Crippen molar-refractivity contribution < 1.29 is 4.79 Å². The Balaban J connectivity index is 0.000000671. The van der Waals surface area contributed by atoms with Gasteiger partial charge >= 0.3 is 0 Å². The number of benzene rings is 1. The summed E-state index contributed by atoms with van der Waals surface area (Å²) in [6.45, 7) is 4.00. The van der Waals surface area contributed by atoms with Gasteiger partial charge in [-0.1, -0.05) is 26.0 Å². The Hall–Kier alpha value is -0.960. The maximum Gasteiger partial charge on any atom is 0.252 e. The second kappa shape index (κ2) is 6.54. The molecule has 0 heterocycles. The van der Waals surface area contributed by atoms with Gasteiger partial charge in [0.05, 0.1) is 5.56 Å². The van der Waals surface area contributed by atoms with Crippen LogP contribution in [0.1, 0.15) is 24.2 Å². The largest absolute Gasteiger partial charge is 0.355 e. The van der Waals surface area contributed by atoms with Crippen LogP contribution in [0.2, 0.25) is 0 Å². The monoisotopic (exact) mass is 197 g/mol. The third-order valence-electron chi connectivity index (χ3n) is 1.38. The number of carbonyl (C=O) groups excluding carboxylic acids is 1. The van der Waals surface area contributed by atoms with Crippen LogP contribution in [-0.4, -0.2) is 13.0 Å². The van der Waals surface area contributed by atoms with Gasteiger partial charge in [-0.15, -0.1) is 12.6 Å². The summed E-state index contributed by atoms with van der Waals surface area (Å²) in [6.07, 6.45) is 0. The Bertz CT molecular complexity index is 273. The summed E-state index contributed by atoms with van der Waals surface area (Å²) in [4.78, 5) is 11.8. The lowest BCUT2D eigenvalue weighted by Crippen LogP contribution is -2.18. The predicted octanol–water partition coefficient (Wildman–Crippen LogP) is 2.36.